The Hall–Kier alpha value is -3.57. The van der Waals surface area contributed by atoms with E-state index in [1.165, 1.54) is 12.1 Å². The van der Waals surface area contributed by atoms with Crippen molar-refractivity contribution >= 4 is 50.2 Å². The lowest BCUT2D eigenvalue weighted by Crippen LogP contribution is -2.17. The van der Waals surface area contributed by atoms with Gasteiger partial charge in [-0.2, -0.15) is 13.2 Å². The average Bonchev–Trinajstić information content (AvgIpc) is 3.15. The highest BCUT2D eigenvalue weighted by atomic mass is 35.5. The zero-order valence-corrected chi connectivity index (χ0v) is 18.0. The van der Waals surface area contributed by atoms with Gasteiger partial charge in [-0.1, -0.05) is 29.8 Å². The fraction of sp³-hybridized carbons (Fsp3) is 0.0476. The van der Waals surface area contributed by atoms with Crippen LogP contribution in [0.25, 0.3) is 11.0 Å². The number of amides is 1. The second kappa shape index (κ2) is 8.41. The molecule has 0 unspecified atom stereocenters. The molecule has 0 aliphatic carbocycles. The molecule has 0 spiro atoms. The normalized spacial score (nSPS) is 12.0. The molecule has 0 fully saturated rings. The first-order valence-electron chi connectivity index (χ1n) is 9.29. The van der Waals surface area contributed by atoms with Crippen molar-refractivity contribution in [3.63, 3.8) is 0 Å². The highest BCUT2D eigenvalue weighted by Gasteiger charge is 2.31. The first-order chi connectivity index (χ1) is 15.5. The minimum absolute atomic E-state index is 0.0263. The SMILES string of the molecule is O=C(Nc1nc2ccccc2[nH]1)c1cc(S(=O)(=O)Nc2cccc(C(F)(F)F)c2)ccc1Cl. The number of rotatable bonds is 5. The van der Waals surface area contributed by atoms with Crippen LogP contribution in [0.3, 0.4) is 0 Å². The van der Waals surface area contributed by atoms with Crippen LogP contribution in [0.4, 0.5) is 24.8 Å². The first kappa shape index (κ1) is 22.6. The summed E-state index contributed by atoms with van der Waals surface area (Å²) in [6, 6.07) is 14.2. The van der Waals surface area contributed by atoms with E-state index in [-0.39, 0.29) is 27.1 Å². The molecular weight excluding hydrogens is 481 g/mol. The number of halogens is 4. The number of carbonyl (C=O) groups excluding carboxylic acids is 1. The monoisotopic (exact) mass is 494 g/mol. The van der Waals surface area contributed by atoms with Gasteiger partial charge >= 0.3 is 6.18 Å². The van der Waals surface area contributed by atoms with Gasteiger partial charge in [0.1, 0.15) is 0 Å². The van der Waals surface area contributed by atoms with Crippen molar-refractivity contribution in [3.05, 3.63) is 82.9 Å². The number of aromatic nitrogens is 2. The molecule has 33 heavy (non-hydrogen) atoms. The number of benzene rings is 3. The minimum atomic E-state index is -4.64. The van der Waals surface area contributed by atoms with Crippen LogP contribution in [0.15, 0.2) is 71.6 Å². The number of anilines is 2. The smallest absolute Gasteiger partial charge is 0.324 e. The lowest BCUT2D eigenvalue weighted by Gasteiger charge is -2.12. The van der Waals surface area contributed by atoms with E-state index in [0.29, 0.717) is 17.1 Å². The van der Waals surface area contributed by atoms with Gasteiger partial charge in [-0.15, -0.1) is 0 Å². The van der Waals surface area contributed by atoms with Crippen LogP contribution in [0, 0.1) is 0 Å². The third-order valence-corrected chi connectivity index (χ3v) is 6.26. The second-order valence-corrected chi connectivity index (χ2v) is 8.97. The molecule has 12 heteroatoms. The van der Waals surface area contributed by atoms with E-state index in [1.54, 1.807) is 24.3 Å². The molecule has 1 heterocycles. The summed E-state index contributed by atoms with van der Waals surface area (Å²) in [5.41, 5.74) is -0.164. The van der Waals surface area contributed by atoms with Crippen LogP contribution in [-0.4, -0.2) is 24.3 Å². The number of para-hydroxylation sites is 2. The highest BCUT2D eigenvalue weighted by Crippen LogP contribution is 2.31. The zero-order chi connectivity index (χ0) is 23.8. The van der Waals surface area contributed by atoms with E-state index in [4.69, 9.17) is 11.6 Å². The van der Waals surface area contributed by atoms with Crippen LogP contribution in [0.5, 0.6) is 0 Å². The van der Waals surface area contributed by atoms with Gasteiger partial charge in [0.05, 0.1) is 32.1 Å². The molecule has 0 radical (unpaired) electrons. The minimum Gasteiger partial charge on any atom is -0.324 e. The van der Waals surface area contributed by atoms with Crippen molar-refractivity contribution in [2.24, 2.45) is 0 Å². The number of nitrogens with one attached hydrogen (secondary N) is 3. The maximum atomic E-state index is 12.9. The number of fused-ring (bicyclic) bond motifs is 1. The molecule has 0 saturated carbocycles. The van der Waals surface area contributed by atoms with Gasteiger partial charge in [0.2, 0.25) is 5.95 Å². The topological polar surface area (TPSA) is 104 Å². The molecule has 4 aromatic rings. The maximum Gasteiger partial charge on any atom is 0.416 e. The molecular formula is C21H14ClF3N4O3S. The van der Waals surface area contributed by atoms with Crippen LogP contribution in [0.2, 0.25) is 5.02 Å². The van der Waals surface area contributed by atoms with Crippen LogP contribution < -0.4 is 10.0 Å². The van der Waals surface area contributed by atoms with Crippen LogP contribution in [0.1, 0.15) is 15.9 Å². The fourth-order valence-corrected chi connectivity index (χ4v) is 4.28. The highest BCUT2D eigenvalue weighted by molar-refractivity contribution is 7.92. The Labute approximate surface area is 190 Å². The molecule has 170 valence electrons. The molecule has 0 bridgehead atoms. The maximum absolute atomic E-state index is 12.9. The van der Waals surface area contributed by atoms with Crippen LogP contribution >= 0.6 is 11.6 Å². The number of alkyl halides is 3. The molecule has 1 amide bonds. The first-order valence-corrected chi connectivity index (χ1v) is 11.1. The number of H-pyrrole nitrogens is 1. The van der Waals surface area contributed by atoms with Crippen molar-refractivity contribution in [1.29, 1.82) is 0 Å². The predicted octanol–water partition coefficient (Wildman–Crippen LogP) is 5.29. The Balaban J connectivity index is 1.60. The number of carbonyl (C=O) groups is 1. The van der Waals surface area contributed by atoms with Crippen molar-refractivity contribution in [3.8, 4) is 0 Å². The Kier molecular flexibility index (Phi) is 5.76. The Bertz CT molecular complexity index is 1440. The van der Waals surface area contributed by atoms with Gasteiger partial charge in [-0.05, 0) is 48.5 Å². The summed E-state index contributed by atoms with van der Waals surface area (Å²) in [5, 5.41) is 2.48. The summed E-state index contributed by atoms with van der Waals surface area (Å²) >= 11 is 6.09. The van der Waals surface area contributed by atoms with Crippen molar-refractivity contribution in [1.82, 2.24) is 9.97 Å². The lowest BCUT2D eigenvalue weighted by atomic mass is 10.2. The summed E-state index contributed by atoms with van der Waals surface area (Å²) in [6.07, 6.45) is -4.64. The Morgan fingerprint density at radius 1 is 1.00 bits per heavy atom. The zero-order valence-electron chi connectivity index (χ0n) is 16.4. The summed E-state index contributed by atoms with van der Waals surface area (Å²) in [7, 11) is -4.32. The molecule has 7 nitrogen and oxygen atoms in total. The predicted molar refractivity (Wildman–Crippen MR) is 118 cm³/mol. The van der Waals surface area contributed by atoms with Gasteiger partial charge < -0.3 is 4.98 Å². The van der Waals surface area contributed by atoms with Crippen molar-refractivity contribution < 1.29 is 26.4 Å². The molecule has 0 saturated heterocycles. The number of aromatic amines is 1. The van der Waals surface area contributed by atoms with Crippen LogP contribution in [-0.2, 0) is 16.2 Å². The standard InChI is InChI=1S/C21H14ClF3N4O3S/c22-16-9-8-14(33(31,32)29-13-5-3-4-12(10-13)21(23,24)25)11-15(16)19(30)28-20-26-17-6-1-2-7-18(17)27-20/h1-11,29H,(H2,26,27,28,30). The largest absolute Gasteiger partial charge is 0.416 e. The number of hydrogen-bond donors (Lipinski definition) is 3. The van der Waals surface area contributed by atoms with E-state index < -0.39 is 27.7 Å². The Morgan fingerprint density at radius 2 is 1.76 bits per heavy atom. The summed E-state index contributed by atoms with van der Waals surface area (Å²) in [6.45, 7) is 0. The lowest BCUT2D eigenvalue weighted by molar-refractivity contribution is -0.137. The molecule has 1 aromatic heterocycles. The molecule has 3 aromatic carbocycles. The van der Waals surface area contributed by atoms with Gasteiger partial charge in [-0.25, -0.2) is 13.4 Å². The third-order valence-electron chi connectivity index (χ3n) is 4.56. The van der Waals surface area contributed by atoms with E-state index >= 15 is 0 Å². The molecule has 0 aliphatic rings. The quantitative estimate of drug-likeness (QED) is 0.351. The molecule has 0 atom stereocenters. The number of imidazole rings is 1. The third kappa shape index (κ3) is 4.94. The number of hydrogen-bond acceptors (Lipinski definition) is 4. The van der Waals surface area contributed by atoms with E-state index in [9.17, 15) is 26.4 Å². The Morgan fingerprint density at radius 3 is 2.48 bits per heavy atom. The average molecular weight is 495 g/mol. The van der Waals surface area contributed by atoms with Crippen molar-refractivity contribution in [2.75, 3.05) is 10.0 Å². The summed E-state index contributed by atoms with van der Waals surface area (Å²) < 4.78 is 66.3. The van der Waals surface area contributed by atoms with Gasteiger partial charge in [-0.3, -0.25) is 14.8 Å². The van der Waals surface area contributed by atoms with Gasteiger partial charge in [0.15, 0.2) is 0 Å². The van der Waals surface area contributed by atoms with Gasteiger partial charge in [0, 0.05) is 5.69 Å². The van der Waals surface area contributed by atoms with E-state index in [0.717, 1.165) is 24.3 Å². The van der Waals surface area contributed by atoms with E-state index in [1.807, 2.05) is 0 Å². The van der Waals surface area contributed by atoms with Crippen molar-refractivity contribution in [2.45, 2.75) is 11.1 Å². The fourth-order valence-electron chi connectivity index (χ4n) is 3.01. The summed E-state index contributed by atoms with van der Waals surface area (Å²) in [5.74, 6) is -0.595. The van der Waals surface area contributed by atoms with Gasteiger partial charge in [0.25, 0.3) is 15.9 Å². The molecule has 3 N–H and O–H groups in total. The number of nitrogens with zero attached hydrogens (tertiary/aromatic N) is 1. The summed E-state index contributed by atoms with van der Waals surface area (Å²) in [4.78, 5) is 19.5. The second-order valence-electron chi connectivity index (χ2n) is 6.88. The molecule has 4 rings (SSSR count). The van der Waals surface area contributed by atoms with E-state index in [2.05, 4.69) is 20.0 Å². The number of sulfonamides is 1. The molecule has 0 aliphatic heterocycles.